The van der Waals surface area contributed by atoms with Crippen LogP contribution >= 0.6 is 0 Å². The maximum atomic E-state index is 9.92. The summed E-state index contributed by atoms with van der Waals surface area (Å²) >= 11 is 0. The average molecular weight is 131 g/mol. The van der Waals surface area contributed by atoms with Gasteiger partial charge in [0.25, 0.3) is 0 Å². The third-order valence-corrected chi connectivity index (χ3v) is 1.32. The molecule has 9 heavy (non-hydrogen) atoms. The van der Waals surface area contributed by atoms with Gasteiger partial charge in [0.05, 0.1) is 19.3 Å². The second kappa shape index (κ2) is 3.82. The Hall–Kier alpha value is -0.120. The van der Waals surface area contributed by atoms with Crippen LogP contribution in [0.3, 0.4) is 0 Å². The van der Waals surface area contributed by atoms with Crippen LogP contribution in [0.2, 0.25) is 0 Å². The Labute approximate surface area is 54.6 Å². The maximum absolute atomic E-state index is 9.92. The first-order valence-corrected chi connectivity index (χ1v) is 3.21. The Morgan fingerprint density at radius 2 is 2.56 bits per heavy atom. The molecule has 0 aromatic rings. The Morgan fingerprint density at radius 1 is 1.67 bits per heavy atom. The molecule has 0 unspecified atom stereocenters. The molecule has 1 saturated heterocycles. The van der Waals surface area contributed by atoms with Crippen molar-refractivity contribution < 1.29 is 14.6 Å². The van der Waals surface area contributed by atoms with E-state index in [0.717, 1.165) is 13.0 Å². The molecule has 1 heterocycles. The highest BCUT2D eigenvalue weighted by Crippen LogP contribution is 2.06. The minimum atomic E-state index is -0.142. The van der Waals surface area contributed by atoms with Crippen molar-refractivity contribution in [1.82, 2.24) is 0 Å². The predicted molar refractivity (Wildman–Crippen MR) is 30.7 cm³/mol. The molecular formula is C6H11O3. The van der Waals surface area contributed by atoms with E-state index < -0.39 is 0 Å². The van der Waals surface area contributed by atoms with Crippen molar-refractivity contribution in [2.24, 2.45) is 0 Å². The fourth-order valence-electron chi connectivity index (χ4n) is 0.859. The molecule has 1 rings (SSSR count). The van der Waals surface area contributed by atoms with Crippen LogP contribution in [0.5, 0.6) is 0 Å². The summed E-state index contributed by atoms with van der Waals surface area (Å²) in [5, 5.41) is 9.92. The second-order valence-electron chi connectivity index (χ2n) is 2.06. The smallest absolute Gasteiger partial charge is 0.106 e. The summed E-state index contributed by atoms with van der Waals surface area (Å²) in [6.45, 7) is 1.63. The van der Waals surface area contributed by atoms with Gasteiger partial charge < -0.3 is 9.47 Å². The Balaban J connectivity index is 1.98. The topological polar surface area (TPSA) is 38.4 Å². The maximum Gasteiger partial charge on any atom is 0.106 e. The third-order valence-electron chi connectivity index (χ3n) is 1.32. The van der Waals surface area contributed by atoms with Gasteiger partial charge >= 0.3 is 0 Å². The zero-order valence-electron chi connectivity index (χ0n) is 5.34. The lowest BCUT2D eigenvalue weighted by Crippen LogP contribution is -2.14. The fraction of sp³-hybridized carbons (Fsp3) is 1.00. The highest BCUT2D eigenvalue weighted by atomic mass is 16.5. The van der Waals surface area contributed by atoms with Gasteiger partial charge in [-0.05, 0) is 6.42 Å². The van der Waals surface area contributed by atoms with Crippen LogP contribution in [0, 0.1) is 0 Å². The molecule has 53 valence electrons. The van der Waals surface area contributed by atoms with E-state index in [-0.39, 0.29) is 12.7 Å². The van der Waals surface area contributed by atoms with Gasteiger partial charge in [0, 0.05) is 6.61 Å². The van der Waals surface area contributed by atoms with Crippen LogP contribution in [0.15, 0.2) is 0 Å². The zero-order valence-corrected chi connectivity index (χ0v) is 5.34. The second-order valence-corrected chi connectivity index (χ2v) is 2.06. The first-order chi connectivity index (χ1) is 4.43. The van der Waals surface area contributed by atoms with Crippen LogP contribution < -0.4 is 0 Å². The minimum absolute atomic E-state index is 0.142. The molecule has 3 nitrogen and oxygen atoms in total. The normalized spacial score (nSPS) is 27.0. The summed E-state index contributed by atoms with van der Waals surface area (Å²) in [5.74, 6) is 0. The summed E-state index contributed by atoms with van der Waals surface area (Å²) < 4.78 is 10.1. The van der Waals surface area contributed by atoms with Crippen molar-refractivity contribution in [2.75, 3.05) is 26.4 Å². The Morgan fingerprint density at radius 3 is 3.11 bits per heavy atom. The van der Waals surface area contributed by atoms with Crippen molar-refractivity contribution in [2.45, 2.75) is 12.5 Å². The molecule has 3 heteroatoms. The molecule has 0 N–H and O–H groups in total. The Kier molecular flexibility index (Phi) is 2.97. The molecule has 0 bridgehead atoms. The number of ether oxygens (including phenoxy) is 2. The van der Waals surface area contributed by atoms with Crippen molar-refractivity contribution >= 4 is 0 Å². The molecule has 1 aliphatic rings. The molecule has 0 amide bonds. The van der Waals surface area contributed by atoms with Crippen molar-refractivity contribution in [3.05, 3.63) is 0 Å². The van der Waals surface area contributed by atoms with Gasteiger partial charge in [-0.15, -0.1) is 0 Å². The largest absolute Gasteiger partial charge is 0.379 e. The van der Waals surface area contributed by atoms with Crippen LogP contribution in [-0.4, -0.2) is 32.5 Å². The number of hydrogen-bond acceptors (Lipinski definition) is 2. The van der Waals surface area contributed by atoms with E-state index >= 15 is 0 Å². The standard InChI is InChI=1S/C6H11O3/c7-2-4-9-6-1-3-8-5-6/h6H,1-5H2/t6-/m1/s1. The molecular weight excluding hydrogens is 120 g/mol. The molecule has 0 aromatic heterocycles. The van der Waals surface area contributed by atoms with E-state index in [4.69, 9.17) is 9.47 Å². The van der Waals surface area contributed by atoms with Gasteiger partial charge in [0.15, 0.2) is 0 Å². The van der Waals surface area contributed by atoms with Gasteiger partial charge in [-0.2, -0.15) is 0 Å². The monoisotopic (exact) mass is 131 g/mol. The van der Waals surface area contributed by atoms with E-state index in [1.165, 1.54) is 0 Å². The quantitative estimate of drug-likeness (QED) is 0.549. The first kappa shape index (κ1) is 6.99. The molecule has 0 aliphatic carbocycles. The molecule has 1 radical (unpaired) electrons. The molecule has 0 saturated carbocycles. The summed E-state index contributed by atoms with van der Waals surface area (Å²) in [6.07, 6.45) is 1.14. The highest BCUT2D eigenvalue weighted by Gasteiger charge is 2.14. The van der Waals surface area contributed by atoms with Crippen molar-refractivity contribution in [3.63, 3.8) is 0 Å². The summed E-state index contributed by atoms with van der Waals surface area (Å²) in [6, 6.07) is 0. The number of hydrogen-bond donors (Lipinski definition) is 0. The van der Waals surface area contributed by atoms with E-state index in [2.05, 4.69) is 0 Å². The van der Waals surface area contributed by atoms with E-state index in [0.29, 0.717) is 13.2 Å². The minimum Gasteiger partial charge on any atom is -0.379 e. The molecule has 0 aromatic carbocycles. The van der Waals surface area contributed by atoms with E-state index in [1.807, 2.05) is 0 Å². The zero-order chi connectivity index (χ0) is 6.53. The molecule has 1 fully saturated rings. The van der Waals surface area contributed by atoms with Crippen LogP contribution in [-0.2, 0) is 14.6 Å². The van der Waals surface area contributed by atoms with Gasteiger partial charge in [-0.1, -0.05) is 0 Å². The molecule has 1 atom stereocenters. The van der Waals surface area contributed by atoms with Gasteiger partial charge in [0.1, 0.15) is 6.61 Å². The summed E-state index contributed by atoms with van der Waals surface area (Å²) in [5.41, 5.74) is 0. The lowest BCUT2D eigenvalue weighted by molar-refractivity contribution is 0.00772. The summed E-state index contributed by atoms with van der Waals surface area (Å²) in [4.78, 5) is 0. The van der Waals surface area contributed by atoms with Crippen molar-refractivity contribution in [3.8, 4) is 0 Å². The van der Waals surface area contributed by atoms with Gasteiger partial charge in [0.2, 0.25) is 0 Å². The third kappa shape index (κ3) is 2.30. The van der Waals surface area contributed by atoms with E-state index in [1.54, 1.807) is 0 Å². The lowest BCUT2D eigenvalue weighted by atomic mass is 10.3. The fourth-order valence-corrected chi connectivity index (χ4v) is 0.859. The van der Waals surface area contributed by atoms with Crippen LogP contribution in [0.1, 0.15) is 6.42 Å². The molecule has 1 aliphatic heterocycles. The van der Waals surface area contributed by atoms with Gasteiger partial charge in [-0.25, -0.2) is 5.11 Å². The average Bonchev–Trinajstić information content (AvgIpc) is 2.34. The predicted octanol–water partition coefficient (Wildman–Crippen LogP) is 0.222. The van der Waals surface area contributed by atoms with Gasteiger partial charge in [-0.3, -0.25) is 0 Å². The van der Waals surface area contributed by atoms with E-state index in [9.17, 15) is 5.11 Å². The lowest BCUT2D eigenvalue weighted by Gasteiger charge is -2.05. The highest BCUT2D eigenvalue weighted by molar-refractivity contribution is 4.62. The first-order valence-electron chi connectivity index (χ1n) is 3.21. The van der Waals surface area contributed by atoms with Crippen LogP contribution in [0.4, 0.5) is 0 Å². The molecule has 0 spiro atoms. The SMILES string of the molecule is [O]CCO[C@@H]1CCOC1. The Bertz CT molecular complexity index is 68.7. The number of rotatable bonds is 3. The summed E-state index contributed by atoms with van der Waals surface area (Å²) in [7, 11) is 0. The van der Waals surface area contributed by atoms with Crippen LogP contribution in [0.25, 0.3) is 0 Å². The van der Waals surface area contributed by atoms with Crippen molar-refractivity contribution in [1.29, 1.82) is 0 Å².